The molecule has 2 heterocycles. The van der Waals surface area contributed by atoms with Crippen molar-refractivity contribution < 1.29 is 0 Å². The van der Waals surface area contributed by atoms with Gasteiger partial charge in [-0.2, -0.15) is 0 Å². The van der Waals surface area contributed by atoms with E-state index in [0.717, 1.165) is 10.6 Å². The molecule has 0 unspecified atom stereocenters. The number of halogens is 1. The zero-order valence-electron chi connectivity index (χ0n) is 11.4. The third kappa shape index (κ3) is 3.47. The van der Waals surface area contributed by atoms with Crippen LogP contribution >= 0.6 is 23.4 Å². The largest absolute Gasteiger partial charge is 0.394 e. The van der Waals surface area contributed by atoms with Crippen molar-refractivity contribution >= 4 is 40.6 Å². The molecule has 0 aliphatic carbocycles. The maximum Gasteiger partial charge on any atom is 0.158 e. The number of rotatable bonds is 4. The Bertz CT molecular complexity index is 765. The summed E-state index contributed by atoms with van der Waals surface area (Å²) in [4.78, 5) is 13.4. The van der Waals surface area contributed by atoms with Crippen LogP contribution in [-0.2, 0) is 0 Å². The van der Waals surface area contributed by atoms with Gasteiger partial charge in [0.2, 0.25) is 0 Å². The molecule has 0 amide bonds. The molecule has 0 atom stereocenters. The van der Waals surface area contributed by atoms with Crippen molar-refractivity contribution in [2.75, 3.05) is 11.1 Å². The van der Waals surface area contributed by atoms with E-state index >= 15 is 0 Å². The van der Waals surface area contributed by atoms with Crippen LogP contribution in [0.4, 0.5) is 17.2 Å². The highest BCUT2D eigenvalue weighted by Gasteiger charge is 2.10. The Balaban J connectivity index is 1.84. The van der Waals surface area contributed by atoms with Gasteiger partial charge >= 0.3 is 0 Å². The van der Waals surface area contributed by atoms with E-state index in [0.29, 0.717) is 21.6 Å². The molecule has 2 aromatic heterocycles. The van der Waals surface area contributed by atoms with Gasteiger partial charge in [0.15, 0.2) is 5.82 Å². The van der Waals surface area contributed by atoms with Crippen molar-refractivity contribution in [1.82, 2.24) is 15.0 Å². The van der Waals surface area contributed by atoms with E-state index in [1.807, 2.05) is 36.4 Å². The number of anilines is 3. The van der Waals surface area contributed by atoms with E-state index < -0.39 is 0 Å². The lowest BCUT2D eigenvalue weighted by molar-refractivity contribution is 1.06. The maximum atomic E-state index is 6.16. The van der Waals surface area contributed by atoms with Gasteiger partial charge in [0.25, 0.3) is 0 Å². The number of benzene rings is 1. The minimum absolute atomic E-state index is 0.499. The molecule has 0 radical (unpaired) electrons. The summed E-state index contributed by atoms with van der Waals surface area (Å²) in [7, 11) is 0. The first-order valence-corrected chi connectivity index (χ1v) is 7.63. The lowest BCUT2D eigenvalue weighted by atomic mass is 10.4. The molecule has 3 aromatic rings. The van der Waals surface area contributed by atoms with Crippen LogP contribution in [0.3, 0.4) is 0 Å². The second kappa shape index (κ2) is 6.64. The van der Waals surface area contributed by atoms with E-state index in [2.05, 4.69) is 20.3 Å². The van der Waals surface area contributed by atoms with Gasteiger partial charge in [-0.1, -0.05) is 23.4 Å². The summed E-state index contributed by atoms with van der Waals surface area (Å²) in [5.41, 5.74) is 7.52. The van der Waals surface area contributed by atoms with Crippen molar-refractivity contribution in [3.8, 4) is 0 Å². The average Bonchev–Trinajstić information content (AvgIpc) is 2.54. The highest BCUT2D eigenvalue weighted by Crippen LogP contribution is 2.34. The molecule has 3 rings (SSSR count). The topological polar surface area (TPSA) is 76.7 Å². The monoisotopic (exact) mass is 329 g/mol. The maximum absolute atomic E-state index is 6.16. The zero-order valence-corrected chi connectivity index (χ0v) is 13.0. The molecule has 22 heavy (non-hydrogen) atoms. The summed E-state index contributed by atoms with van der Waals surface area (Å²) in [5, 5.41) is 4.54. The first-order chi connectivity index (χ1) is 10.7. The Morgan fingerprint density at radius 3 is 2.45 bits per heavy atom. The summed E-state index contributed by atoms with van der Waals surface area (Å²) in [6.07, 6.45) is 4.88. The molecule has 0 aliphatic rings. The van der Waals surface area contributed by atoms with Gasteiger partial charge in [-0.15, -0.1) is 0 Å². The molecule has 0 saturated carbocycles. The van der Waals surface area contributed by atoms with Gasteiger partial charge in [-0.25, -0.2) is 9.97 Å². The fraction of sp³-hybridized carbons (Fsp3) is 0. The average molecular weight is 330 g/mol. The number of nitrogen functional groups attached to an aromatic ring is 1. The van der Waals surface area contributed by atoms with Crippen molar-refractivity contribution in [3.05, 3.63) is 60.1 Å². The minimum Gasteiger partial charge on any atom is -0.394 e. The van der Waals surface area contributed by atoms with Crippen molar-refractivity contribution in [2.45, 2.75) is 9.92 Å². The predicted molar refractivity (Wildman–Crippen MR) is 89.5 cm³/mol. The van der Waals surface area contributed by atoms with Crippen LogP contribution < -0.4 is 11.1 Å². The van der Waals surface area contributed by atoms with Gasteiger partial charge in [0.05, 0.1) is 0 Å². The minimum atomic E-state index is 0.499. The SMILES string of the molecule is Nc1c(Nc2ccncc2)ncnc1Sc1ccc(Cl)cc1. The van der Waals surface area contributed by atoms with Crippen LogP contribution in [0.2, 0.25) is 5.02 Å². The quantitative estimate of drug-likeness (QED) is 0.704. The van der Waals surface area contributed by atoms with Crippen LogP contribution in [0, 0.1) is 0 Å². The Morgan fingerprint density at radius 1 is 1.00 bits per heavy atom. The fourth-order valence-electron chi connectivity index (χ4n) is 1.75. The van der Waals surface area contributed by atoms with E-state index in [-0.39, 0.29) is 0 Å². The van der Waals surface area contributed by atoms with Crippen LogP contribution in [0.15, 0.2) is 65.0 Å². The third-order valence-electron chi connectivity index (χ3n) is 2.82. The summed E-state index contributed by atoms with van der Waals surface area (Å²) < 4.78 is 0. The molecule has 3 N–H and O–H groups in total. The van der Waals surface area contributed by atoms with Gasteiger partial charge < -0.3 is 11.1 Å². The summed E-state index contributed by atoms with van der Waals surface area (Å²) >= 11 is 7.35. The molecule has 7 heteroatoms. The second-order valence-corrected chi connectivity index (χ2v) is 5.86. The molecule has 0 spiro atoms. The van der Waals surface area contributed by atoms with Crippen molar-refractivity contribution in [2.24, 2.45) is 0 Å². The molecule has 110 valence electrons. The van der Waals surface area contributed by atoms with Crippen LogP contribution in [0.25, 0.3) is 0 Å². The molecule has 5 nitrogen and oxygen atoms in total. The Hall–Kier alpha value is -2.31. The lowest BCUT2D eigenvalue weighted by Crippen LogP contribution is -2.02. The molecular formula is C15H12ClN5S. The molecule has 1 aromatic carbocycles. The number of pyridine rings is 1. The van der Waals surface area contributed by atoms with Crippen molar-refractivity contribution in [1.29, 1.82) is 0 Å². The number of nitrogens with two attached hydrogens (primary N) is 1. The Labute approximate surface area is 137 Å². The lowest BCUT2D eigenvalue weighted by Gasteiger charge is -2.10. The zero-order chi connectivity index (χ0) is 15.4. The van der Waals surface area contributed by atoms with E-state index in [9.17, 15) is 0 Å². The van der Waals surface area contributed by atoms with Crippen LogP contribution in [0.5, 0.6) is 0 Å². The first-order valence-electron chi connectivity index (χ1n) is 6.43. The molecule has 0 fully saturated rings. The first kappa shape index (κ1) is 14.6. The van der Waals surface area contributed by atoms with Gasteiger partial charge in [-0.3, -0.25) is 4.98 Å². The number of aromatic nitrogens is 3. The second-order valence-electron chi connectivity index (χ2n) is 4.36. The van der Waals surface area contributed by atoms with E-state index in [1.54, 1.807) is 12.4 Å². The number of hydrogen-bond donors (Lipinski definition) is 2. The summed E-state index contributed by atoms with van der Waals surface area (Å²) in [6, 6.07) is 11.2. The van der Waals surface area contributed by atoms with Crippen LogP contribution in [-0.4, -0.2) is 15.0 Å². The highest BCUT2D eigenvalue weighted by atomic mass is 35.5. The van der Waals surface area contributed by atoms with E-state index in [1.165, 1.54) is 18.1 Å². The van der Waals surface area contributed by atoms with Gasteiger partial charge in [0, 0.05) is 28.0 Å². The fourth-order valence-corrected chi connectivity index (χ4v) is 2.67. The smallest absolute Gasteiger partial charge is 0.158 e. The highest BCUT2D eigenvalue weighted by molar-refractivity contribution is 7.99. The Kier molecular flexibility index (Phi) is 4.41. The van der Waals surface area contributed by atoms with Gasteiger partial charge in [-0.05, 0) is 36.4 Å². The van der Waals surface area contributed by atoms with Crippen molar-refractivity contribution in [3.63, 3.8) is 0 Å². The summed E-state index contributed by atoms with van der Waals surface area (Å²) in [5.74, 6) is 0.567. The third-order valence-corrected chi connectivity index (χ3v) is 4.10. The molecular weight excluding hydrogens is 318 g/mol. The standard InChI is InChI=1S/C15H12ClN5S/c16-10-1-3-12(4-2-10)22-15-13(17)14(19-9-20-15)21-11-5-7-18-8-6-11/h1-9H,17H2,(H,18,19,20,21). The number of nitrogens with one attached hydrogen (secondary N) is 1. The van der Waals surface area contributed by atoms with Crippen LogP contribution in [0.1, 0.15) is 0 Å². The number of nitrogens with zero attached hydrogens (tertiary/aromatic N) is 3. The number of hydrogen-bond acceptors (Lipinski definition) is 6. The normalized spacial score (nSPS) is 10.4. The van der Waals surface area contributed by atoms with E-state index in [4.69, 9.17) is 17.3 Å². The summed E-state index contributed by atoms with van der Waals surface area (Å²) in [6.45, 7) is 0. The predicted octanol–water partition coefficient (Wildman–Crippen LogP) is 4.00. The Morgan fingerprint density at radius 2 is 1.73 bits per heavy atom. The molecule has 0 aliphatic heterocycles. The van der Waals surface area contributed by atoms with Gasteiger partial charge in [0.1, 0.15) is 17.0 Å². The molecule has 0 bridgehead atoms. The molecule has 0 saturated heterocycles.